The minimum absolute atomic E-state index is 0.0907. The summed E-state index contributed by atoms with van der Waals surface area (Å²) in [5, 5.41) is 5.20. The van der Waals surface area contributed by atoms with Crippen molar-refractivity contribution >= 4 is 17.5 Å². The molecule has 0 unspecified atom stereocenters. The molecule has 1 amide bonds. The van der Waals surface area contributed by atoms with Crippen molar-refractivity contribution in [2.75, 3.05) is 10.6 Å². The minimum atomic E-state index is -0.851. The average molecular weight is 340 g/mol. The van der Waals surface area contributed by atoms with Gasteiger partial charge < -0.3 is 10.6 Å². The van der Waals surface area contributed by atoms with Crippen molar-refractivity contribution in [3.8, 4) is 0 Å². The van der Waals surface area contributed by atoms with Crippen LogP contribution in [0.2, 0.25) is 0 Å². The summed E-state index contributed by atoms with van der Waals surface area (Å²) in [6.07, 6.45) is 2.57. The first-order valence-electron chi connectivity index (χ1n) is 7.48. The largest absolute Gasteiger partial charge is 0.350 e. The van der Waals surface area contributed by atoms with E-state index in [2.05, 4.69) is 20.6 Å². The number of anilines is 2. The Morgan fingerprint density at radius 1 is 0.920 bits per heavy atom. The zero-order chi connectivity index (χ0) is 17.6. The molecule has 126 valence electrons. The second-order valence-corrected chi connectivity index (χ2v) is 5.19. The smallest absolute Gasteiger partial charge is 0.258 e. The summed E-state index contributed by atoms with van der Waals surface area (Å²) < 4.78 is 27.1. The number of amides is 1. The molecule has 0 saturated heterocycles. The van der Waals surface area contributed by atoms with Crippen molar-refractivity contribution in [2.24, 2.45) is 0 Å². The van der Waals surface area contributed by atoms with Crippen LogP contribution in [0.3, 0.4) is 0 Å². The molecule has 1 aromatic heterocycles. The first-order valence-corrected chi connectivity index (χ1v) is 7.48. The first kappa shape index (κ1) is 16.5. The molecule has 0 saturated carbocycles. The monoisotopic (exact) mass is 340 g/mol. The quantitative estimate of drug-likeness (QED) is 0.744. The van der Waals surface area contributed by atoms with Crippen molar-refractivity contribution in [1.29, 1.82) is 0 Å². The molecule has 3 aromatic rings. The van der Waals surface area contributed by atoms with E-state index in [1.54, 1.807) is 0 Å². The summed E-state index contributed by atoms with van der Waals surface area (Å²) in [4.78, 5) is 20.1. The normalized spacial score (nSPS) is 10.3. The van der Waals surface area contributed by atoms with E-state index >= 15 is 0 Å². The zero-order valence-electron chi connectivity index (χ0n) is 13.0. The highest BCUT2D eigenvalue weighted by Gasteiger charge is 2.14. The van der Waals surface area contributed by atoms with Crippen LogP contribution in [-0.2, 0) is 6.54 Å². The Morgan fingerprint density at radius 2 is 1.56 bits per heavy atom. The van der Waals surface area contributed by atoms with Gasteiger partial charge in [-0.25, -0.2) is 18.7 Å². The lowest BCUT2D eigenvalue weighted by Gasteiger charge is -2.08. The minimum Gasteiger partial charge on any atom is -0.350 e. The van der Waals surface area contributed by atoms with Crippen molar-refractivity contribution in [3.05, 3.63) is 83.7 Å². The van der Waals surface area contributed by atoms with Crippen molar-refractivity contribution in [1.82, 2.24) is 9.97 Å². The fourth-order valence-corrected chi connectivity index (χ4v) is 2.12. The molecule has 0 radical (unpaired) electrons. The molecule has 0 spiro atoms. The number of para-hydroxylation sites is 1. The van der Waals surface area contributed by atoms with Gasteiger partial charge in [-0.3, -0.25) is 4.79 Å². The van der Waals surface area contributed by atoms with E-state index in [4.69, 9.17) is 0 Å². The first-order chi connectivity index (χ1) is 12.1. The fourth-order valence-electron chi connectivity index (χ4n) is 2.12. The highest BCUT2D eigenvalue weighted by Crippen LogP contribution is 2.18. The molecule has 0 aliphatic carbocycles. The van der Waals surface area contributed by atoms with Crippen LogP contribution < -0.4 is 10.6 Å². The van der Waals surface area contributed by atoms with E-state index in [0.717, 1.165) is 17.7 Å². The number of halogens is 2. The van der Waals surface area contributed by atoms with Crippen LogP contribution in [0.1, 0.15) is 15.9 Å². The standard InChI is InChI=1S/C18H14F2N4O/c19-14-7-4-8-15(20)16(14)24-17(25)13-10-22-18(23-11-13)21-9-12-5-2-1-3-6-12/h1-8,10-11H,9H2,(H,24,25)(H,21,22,23). The highest BCUT2D eigenvalue weighted by atomic mass is 19.1. The lowest BCUT2D eigenvalue weighted by molar-refractivity contribution is 0.102. The molecule has 25 heavy (non-hydrogen) atoms. The molecule has 7 heteroatoms. The van der Waals surface area contributed by atoms with Crippen LogP contribution in [0.25, 0.3) is 0 Å². The summed E-state index contributed by atoms with van der Waals surface area (Å²) in [7, 11) is 0. The van der Waals surface area contributed by atoms with Crippen LogP contribution >= 0.6 is 0 Å². The van der Waals surface area contributed by atoms with Crippen LogP contribution in [0.4, 0.5) is 20.4 Å². The molecular formula is C18H14F2N4O. The Kier molecular flexibility index (Phi) is 4.94. The van der Waals surface area contributed by atoms with Crippen LogP contribution in [-0.4, -0.2) is 15.9 Å². The molecule has 3 rings (SSSR count). The van der Waals surface area contributed by atoms with E-state index in [1.165, 1.54) is 18.5 Å². The molecule has 2 aromatic carbocycles. The third-order valence-corrected chi connectivity index (χ3v) is 3.41. The van der Waals surface area contributed by atoms with Gasteiger partial charge in [0.05, 0.1) is 5.56 Å². The van der Waals surface area contributed by atoms with Crippen LogP contribution in [0, 0.1) is 11.6 Å². The summed E-state index contributed by atoms with van der Waals surface area (Å²) in [5.74, 6) is -2.05. The van der Waals surface area contributed by atoms with Gasteiger partial charge in [-0.15, -0.1) is 0 Å². The van der Waals surface area contributed by atoms with Gasteiger partial charge >= 0.3 is 0 Å². The Morgan fingerprint density at radius 3 is 2.20 bits per heavy atom. The average Bonchev–Trinajstić information content (AvgIpc) is 2.64. The third kappa shape index (κ3) is 4.14. The topological polar surface area (TPSA) is 66.9 Å². The Balaban J connectivity index is 1.64. The number of benzene rings is 2. The fraction of sp³-hybridized carbons (Fsp3) is 0.0556. The maximum Gasteiger partial charge on any atom is 0.258 e. The van der Waals surface area contributed by atoms with Crippen molar-refractivity contribution in [3.63, 3.8) is 0 Å². The Bertz CT molecular complexity index is 850. The number of rotatable bonds is 5. The third-order valence-electron chi connectivity index (χ3n) is 3.41. The number of carbonyl (C=O) groups is 1. The van der Waals surface area contributed by atoms with E-state index in [9.17, 15) is 13.6 Å². The maximum atomic E-state index is 13.6. The number of carbonyl (C=O) groups excluding carboxylic acids is 1. The van der Waals surface area contributed by atoms with E-state index < -0.39 is 23.2 Å². The number of aromatic nitrogens is 2. The summed E-state index contributed by atoms with van der Waals surface area (Å²) in [6.45, 7) is 0.535. The van der Waals surface area contributed by atoms with E-state index in [-0.39, 0.29) is 5.56 Å². The lowest BCUT2D eigenvalue weighted by atomic mass is 10.2. The molecule has 0 bridgehead atoms. The number of nitrogens with zero attached hydrogens (tertiary/aromatic N) is 2. The molecule has 5 nitrogen and oxygen atoms in total. The van der Waals surface area contributed by atoms with Gasteiger partial charge in [0, 0.05) is 18.9 Å². The molecule has 0 fully saturated rings. The van der Waals surface area contributed by atoms with Gasteiger partial charge in [0.15, 0.2) is 0 Å². The van der Waals surface area contributed by atoms with Gasteiger partial charge in [0.25, 0.3) is 5.91 Å². The summed E-state index contributed by atoms with van der Waals surface area (Å²) in [5.41, 5.74) is 0.648. The molecule has 1 heterocycles. The van der Waals surface area contributed by atoms with Crippen molar-refractivity contribution < 1.29 is 13.6 Å². The zero-order valence-corrected chi connectivity index (χ0v) is 13.0. The molecule has 0 aliphatic rings. The lowest BCUT2D eigenvalue weighted by Crippen LogP contribution is -2.15. The molecule has 0 aliphatic heterocycles. The Labute approximate surface area is 142 Å². The number of hydrogen-bond acceptors (Lipinski definition) is 4. The number of hydrogen-bond donors (Lipinski definition) is 2. The van der Waals surface area contributed by atoms with E-state index in [0.29, 0.717) is 12.5 Å². The van der Waals surface area contributed by atoms with Gasteiger partial charge in [-0.2, -0.15) is 0 Å². The van der Waals surface area contributed by atoms with Gasteiger partial charge in [0.1, 0.15) is 17.3 Å². The van der Waals surface area contributed by atoms with Gasteiger partial charge in [0.2, 0.25) is 5.95 Å². The summed E-state index contributed by atoms with van der Waals surface area (Å²) in [6, 6.07) is 13.0. The molecule has 2 N–H and O–H groups in total. The predicted molar refractivity (Wildman–Crippen MR) is 90.1 cm³/mol. The van der Waals surface area contributed by atoms with Gasteiger partial charge in [-0.1, -0.05) is 36.4 Å². The van der Waals surface area contributed by atoms with E-state index in [1.807, 2.05) is 30.3 Å². The number of nitrogens with one attached hydrogen (secondary N) is 2. The summed E-state index contributed by atoms with van der Waals surface area (Å²) >= 11 is 0. The molecule has 0 atom stereocenters. The van der Waals surface area contributed by atoms with Gasteiger partial charge in [-0.05, 0) is 17.7 Å². The molecular weight excluding hydrogens is 326 g/mol. The second-order valence-electron chi connectivity index (χ2n) is 5.19. The highest BCUT2D eigenvalue weighted by molar-refractivity contribution is 6.04. The maximum absolute atomic E-state index is 13.6. The second kappa shape index (κ2) is 7.48. The van der Waals surface area contributed by atoms with Crippen LogP contribution in [0.15, 0.2) is 60.9 Å². The Hall–Kier alpha value is -3.35. The predicted octanol–water partition coefficient (Wildman–Crippen LogP) is 3.62. The van der Waals surface area contributed by atoms with Crippen LogP contribution in [0.5, 0.6) is 0 Å². The SMILES string of the molecule is O=C(Nc1c(F)cccc1F)c1cnc(NCc2ccccc2)nc1. The van der Waals surface area contributed by atoms with Crippen molar-refractivity contribution in [2.45, 2.75) is 6.54 Å².